The number of hydrogen-bond donors (Lipinski definition) is 2. The molecule has 0 saturated carbocycles. The number of fused-ring (bicyclic) bond motifs is 1. The third-order valence-corrected chi connectivity index (χ3v) is 7.13. The van der Waals surface area contributed by atoms with Crippen molar-refractivity contribution < 1.29 is 9.53 Å². The zero-order valence-electron chi connectivity index (χ0n) is 19.1. The molecule has 174 valence electrons. The van der Waals surface area contributed by atoms with Gasteiger partial charge in [-0.25, -0.2) is 9.78 Å². The van der Waals surface area contributed by atoms with Gasteiger partial charge in [0.2, 0.25) is 0 Å². The molecule has 1 fully saturated rings. The highest BCUT2D eigenvalue weighted by Crippen LogP contribution is 2.33. The third-order valence-electron chi connectivity index (χ3n) is 6.15. The van der Waals surface area contributed by atoms with Gasteiger partial charge in [0.05, 0.1) is 34.5 Å². The molecular formula is C27H23N5O2S. The van der Waals surface area contributed by atoms with Crippen LogP contribution < -0.4 is 5.32 Å². The first kappa shape index (κ1) is 21.6. The Morgan fingerprint density at radius 1 is 1.11 bits per heavy atom. The summed E-state index contributed by atoms with van der Waals surface area (Å²) in [6.45, 7) is 3.58. The first-order chi connectivity index (χ1) is 17.1. The standard InChI is InChI=1S/C27H23N5O2S/c1-16-3-2-4-23(32-16)26-25(30-15-31-26)17-5-6-22-18(9-17)10-19(12-29-22)24-11-20(14-35-24)27(33)34-21-7-8-28-13-21/h2-6,9-12,14-15,21,28H,7-8,13H2,1H3,(H,30,31)/t21-/m1/s1. The Morgan fingerprint density at radius 3 is 2.89 bits per heavy atom. The summed E-state index contributed by atoms with van der Waals surface area (Å²) in [6, 6.07) is 16.1. The minimum Gasteiger partial charge on any atom is -0.457 e. The van der Waals surface area contributed by atoms with E-state index < -0.39 is 0 Å². The van der Waals surface area contributed by atoms with Crippen molar-refractivity contribution in [1.82, 2.24) is 25.3 Å². The van der Waals surface area contributed by atoms with Gasteiger partial charge < -0.3 is 15.0 Å². The number of benzene rings is 1. The molecule has 1 aromatic carbocycles. The van der Waals surface area contributed by atoms with Crippen molar-refractivity contribution in [2.45, 2.75) is 19.4 Å². The molecular weight excluding hydrogens is 458 g/mol. The third kappa shape index (κ3) is 4.34. The molecule has 1 aliphatic heterocycles. The zero-order chi connectivity index (χ0) is 23.8. The van der Waals surface area contributed by atoms with Crippen LogP contribution >= 0.6 is 11.3 Å². The molecule has 35 heavy (non-hydrogen) atoms. The Kier molecular flexibility index (Phi) is 5.60. The highest BCUT2D eigenvalue weighted by atomic mass is 32.1. The fourth-order valence-corrected chi connectivity index (χ4v) is 5.21. The first-order valence-corrected chi connectivity index (χ1v) is 12.4. The van der Waals surface area contributed by atoms with Gasteiger partial charge in [-0.05, 0) is 56.3 Å². The van der Waals surface area contributed by atoms with E-state index in [1.807, 2.05) is 54.9 Å². The Labute approximate surface area is 206 Å². The lowest BCUT2D eigenvalue weighted by molar-refractivity contribution is 0.0345. The van der Waals surface area contributed by atoms with Gasteiger partial charge in [0.15, 0.2) is 0 Å². The number of hydrogen-bond acceptors (Lipinski definition) is 7. The summed E-state index contributed by atoms with van der Waals surface area (Å²) in [5, 5.41) is 6.07. The van der Waals surface area contributed by atoms with Crippen LogP contribution in [0.4, 0.5) is 0 Å². The second kappa shape index (κ2) is 9.05. The summed E-state index contributed by atoms with van der Waals surface area (Å²) >= 11 is 1.52. The van der Waals surface area contributed by atoms with E-state index >= 15 is 0 Å². The van der Waals surface area contributed by atoms with Gasteiger partial charge in [0.25, 0.3) is 0 Å². The number of carbonyl (C=O) groups excluding carboxylic acids is 1. The van der Waals surface area contributed by atoms with E-state index in [1.165, 1.54) is 11.3 Å². The molecule has 4 aromatic heterocycles. The van der Waals surface area contributed by atoms with Gasteiger partial charge in [0.1, 0.15) is 6.10 Å². The molecule has 6 rings (SSSR count). The maximum atomic E-state index is 12.5. The molecule has 0 radical (unpaired) electrons. The highest BCUT2D eigenvalue weighted by Gasteiger charge is 2.21. The van der Waals surface area contributed by atoms with Gasteiger partial charge in [-0.1, -0.05) is 12.1 Å². The number of imidazole rings is 1. The number of nitrogens with one attached hydrogen (secondary N) is 2. The number of H-pyrrole nitrogens is 1. The summed E-state index contributed by atoms with van der Waals surface area (Å²) in [5.41, 5.74) is 6.96. The lowest BCUT2D eigenvalue weighted by Crippen LogP contribution is -2.20. The molecule has 0 amide bonds. The van der Waals surface area contributed by atoms with E-state index in [0.29, 0.717) is 5.56 Å². The Bertz CT molecular complexity index is 1530. The van der Waals surface area contributed by atoms with Crippen molar-refractivity contribution in [2.24, 2.45) is 0 Å². The molecule has 5 heterocycles. The van der Waals surface area contributed by atoms with Crippen LogP contribution in [0.2, 0.25) is 0 Å². The lowest BCUT2D eigenvalue weighted by atomic mass is 10.0. The van der Waals surface area contributed by atoms with E-state index in [0.717, 1.165) is 69.2 Å². The summed E-state index contributed by atoms with van der Waals surface area (Å²) in [5.74, 6) is -0.270. The predicted molar refractivity (Wildman–Crippen MR) is 137 cm³/mol. The van der Waals surface area contributed by atoms with Crippen molar-refractivity contribution in [3.05, 3.63) is 77.7 Å². The van der Waals surface area contributed by atoms with Gasteiger partial charge in [-0.15, -0.1) is 11.3 Å². The van der Waals surface area contributed by atoms with Crippen LogP contribution in [0.1, 0.15) is 22.5 Å². The van der Waals surface area contributed by atoms with Crippen molar-refractivity contribution >= 4 is 28.2 Å². The molecule has 0 aliphatic carbocycles. The summed E-state index contributed by atoms with van der Waals surface area (Å²) in [7, 11) is 0. The zero-order valence-corrected chi connectivity index (χ0v) is 19.9. The van der Waals surface area contributed by atoms with Crippen LogP contribution in [-0.2, 0) is 4.74 Å². The summed E-state index contributed by atoms with van der Waals surface area (Å²) in [4.78, 5) is 30.6. The second-order valence-corrected chi connectivity index (χ2v) is 9.55. The highest BCUT2D eigenvalue weighted by molar-refractivity contribution is 7.13. The van der Waals surface area contributed by atoms with Crippen LogP contribution in [0.3, 0.4) is 0 Å². The number of pyridine rings is 2. The van der Waals surface area contributed by atoms with Crippen molar-refractivity contribution in [1.29, 1.82) is 0 Å². The van der Waals surface area contributed by atoms with Gasteiger partial charge in [-0.2, -0.15) is 0 Å². The largest absolute Gasteiger partial charge is 0.457 e. The molecule has 1 aliphatic rings. The summed E-state index contributed by atoms with van der Waals surface area (Å²) in [6.07, 6.45) is 4.35. The maximum absolute atomic E-state index is 12.5. The number of rotatable bonds is 5. The van der Waals surface area contributed by atoms with Crippen molar-refractivity contribution in [3.63, 3.8) is 0 Å². The number of esters is 1. The molecule has 2 N–H and O–H groups in total. The van der Waals surface area contributed by atoms with E-state index in [9.17, 15) is 4.79 Å². The average Bonchev–Trinajstić information content (AvgIpc) is 3.65. The lowest BCUT2D eigenvalue weighted by Gasteiger charge is -2.09. The summed E-state index contributed by atoms with van der Waals surface area (Å²) < 4.78 is 5.60. The number of nitrogens with zero attached hydrogens (tertiary/aromatic N) is 3. The fraction of sp³-hybridized carbons (Fsp3) is 0.185. The number of thiophene rings is 1. The fourth-order valence-electron chi connectivity index (χ4n) is 4.35. The van der Waals surface area contributed by atoms with Gasteiger partial charge in [0, 0.05) is 45.2 Å². The molecule has 7 nitrogen and oxygen atoms in total. The van der Waals surface area contributed by atoms with E-state index in [-0.39, 0.29) is 12.1 Å². The van der Waals surface area contributed by atoms with Gasteiger partial charge >= 0.3 is 5.97 Å². The first-order valence-electron chi connectivity index (χ1n) is 11.5. The maximum Gasteiger partial charge on any atom is 0.339 e. The van der Waals surface area contributed by atoms with E-state index in [1.54, 1.807) is 6.33 Å². The molecule has 1 saturated heterocycles. The molecule has 0 unspecified atom stereocenters. The van der Waals surface area contributed by atoms with E-state index in [4.69, 9.17) is 4.74 Å². The number of ether oxygens (including phenoxy) is 1. The minimum absolute atomic E-state index is 0.0476. The van der Waals surface area contributed by atoms with Gasteiger partial charge in [-0.3, -0.25) is 9.97 Å². The molecule has 8 heteroatoms. The normalized spacial score (nSPS) is 15.5. The number of aryl methyl sites for hydroxylation is 1. The van der Waals surface area contributed by atoms with Crippen molar-refractivity contribution in [3.8, 4) is 33.1 Å². The predicted octanol–water partition coefficient (Wildman–Crippen LogP) is 5.24. The quantitative estimate of drug-likeness (QED) is 0.334. The number of aromatic amines is 1. The molecule has 5 aromatic rings. The van der Waals surface area contributed by atoms with Crippen LogP contribution in [0.15, 0.2) is 66.4 Å². The molecule has 0 spiro atoms. The van der Waals surface area contributed by atoms with Crippen LogP contribution in [0.25, 0.3) is 44.0 Å². The van der Waals surface area contributed by atoms with Crippen LogP contribution in [-0.4, -0.2) is 45.1 Å². The SMILES string of the molecule is Cc1cccc(-c2[nH]cnc2-c2ccc3ncc(-c4cc(C(=O)O[C@@H]5CCNC5)cs4)cc3c2)n1. The minimum atomic E-state index is -0.270. The molecule has 1 atom stereocenters. The van der Waals surface area contributed by atoms with Crippen LogP contribution in [0, 0.1) is 6.92 Å². The Balaban J connectivity index is 1.31. The number of carbonyl (C=O) groups is 1. The average molecular weight is 482 g/mol. The van der Waals surface area contributed by atoms with Crippen LogP contribution in [0.5, 0.6) is 0 Å². The smallest absolute Gasteiger partial charge is 0.339 e. The van der Waals surface area contributed by atoms with Crippen molar-refractivity contribution in [2.75, 3.05) is 13.1 Å². The second-order valence-electron chi connectivity index (χ2n) is 8.64. The Hall–Kier alpha value is -3.88. The topological polar surface area (TPSA) is 92.8 Å². The Morgan fingerprint density at radius 2 is 2.03 bits per heavy atom. The molecule has 0 bridgehead atoms. The number of aromatic nitrogens is 4. The monoisotopic (exact) mass is 481 g/mol. The van der Waals surface area contributed by atoms with E-state index in [2.05, 4.69) is 37.4 Å².